The number of hydrogen-bond acceptors (Lipinski definition) is 9. The molecule has 0 fully saturated rings. The molecule has 4 rings (SSSR count). The number of benzene rings is 1. The van der Waals surface area contributed by atoms with Gasteiger partial charge in [-0.05, 0) is 24.3 Å². The molecule has 1 aliphatic rings. The fourth-order valence-electron chi connectivity index (χ4n) is 2.82. The number of thiazole rings is 1. The summed E-state index contributed by atoms with van der Waals surface area (Å²) >= 11 is 1.37. The highest BCUT2D eigenvalue weighted by atomic mass is 32.1. The smallest absolute Gasteiger partial charge is 0.433 e. The van der Waals surface area contributed by atoms with Crippen LogP contribution in [0.3, 0.4) is 0 Å². The lowest BCUT2D eigenvalue weighted by Gasteiger charge is -2.18. The van der Waals surface area contributed by atoms with Crippen LogP contribution < -0.4 is 14.9 Å². The number of methoxy groups -OCH3 is 1. The molecule has 31 heavy (non-hydrogen) atoms. The van der Waals surface area contributed by atoms with Crippen molar-refractivity contribution in [3.63, 3.8) is 0 Å². The molecule has 2 aromatic heterocycles. The predicted octanol–water partition coefficient (Wildman–Crippen LogP) is 2.48. The zero-order valence-electron chi connectivity index (χ0n) is 16.3. The minimum Gasteiger partial charge on any atom is -0.482 e. The van der Waals surface area contributed by atoms with Gasteiger partial charge >= 0.3 is 5.88 Å². The van der Waals surface area contributed by atoms with Crippen LogP contribution in [-0.2, 0) is 9.53 Å². The van der Waals surface area contributed by atoms with Crippen LogP contribution in [0.5, 0.6) is 5.75 Å². The van der Waals surface area contributed by atoms with E-state index in [4.69, 9.17) is 13.9 Å². The second kappa shape index (κ2) is 8.93. The van der Waals surface area contributed by atoms with Gasteiger partial charge in [-0.25, -0.2) is 4.68 Å². The Morgan fingerprint density at radius 3 is 3.03 bits per heavy atom. The van der Waals surface area contributed by atoms with E-state index in [0.29, 0.717) is 35.1 Å². The Morgan fingerprint density at radius 2 is 2.26 bits per heavy atom. The van der Waals surface area contributed by atoms with Crippen molar-refractivity contribution in [2.75, 3.05) is 32.2 Å². The van der Waals surface area contributed by atoms with Gasteiger partial charge in [-0.2, -0.15) is 5.10 Å². The average Bonchev–Trinajstić information content (AvgIpc) is 3.39. The van der Waals surface area contributed by atoms with E-state index in [1.54, 1.807) is 23.9 Å². The number of aromatic nitrogens is 1. The van der Waals surface area contributed by atoms with Gasteiger partial charge in [0.05, 0.1) is 36.8 Å². The molecule has 160 valence electrons. The molecule has 3 aromatic rings. The van der Waals surface area contributed by atoms with Crippen molar-refractivity contribution in [3.05, 3.63) is 56.4 Å². The highest BCUT2D eigenvalue weighted by molar-refractivity contribution is 7.07. The third-order valence-electron chi connectivity index (χ3n) is 4.23. The van der Waals surface area contributed by atoms with Crippen molar-refractivity contribution in [3.8, 4) is 17.0 Å². The minimum atomic E-state index is -0.616. The number of nitro groups is 1. The summed E-state index contributed by atoms with van der Waals surface area (Å²) in [6, 6.07) is 8.13. The normalized spacial score (nSPS) is 13.8. The molecular formula is C19H17N5O6S. The molecule has 0 bridgehead atoms. The molecule has 0 radical (unpaired) electrons. The van der Waals surface area contributed by atoms with Crippen molar-refractivity contribution in [2.45, 2.75) is 0 Å². The zero-order chi connectivity index (χ0) is 21.8. The van der Waals surface area contributed by atoms with E-state index in [0.717, 1.165) is 5.56 Å². The Balaban J connectivity index is 1.73. The average molecular weight is 443 g/mol. The summed E-state index contributed by atoms with van der Waals surface area (Å²) in [6.45, 7) is 0.864. The number of furan rings is 1. The number of anilines is 1. The number of fused-ring (bicyclic) bond motifs is 1. The van der Waals surface area contributed by atoms with E-state index >= 15 is 0 Å². The summed E-state index contributed by atoms with van der Waals surface area (Å²) in [5.74, 6) is 0.217. The standard InChI is InChI=1S/C19H17N5O6S/c1-28-7-6-20-19-23(21-9-13-3-5-18(30-13)24(26)27)15(11-31-19)12-2-4-16-14(8-12)22-17(25)10-29-16/h2-5,8-9,11H,6-7,10H2,1H3,(H,22,25)/b20-19?,21-9-. The summed E-state index contributed by atoms with van der Waals surface area (Å²) in [4.78, 5) is 27.0. The molecule has 12 heteroatoms. The van der Waals surface area contributed by atoms with E-state index < -0.39 is 4.92 Å². The molecule has 0 unspecified atom stereocenters. The molecule has 11 nitrogen and oxygen atoms in total. The van der Waals surface area contributed by atoms with Crippen LogP contribution in [0.2, 0.25) is 0 Å². The lowest BCUT2D eigenvalue weighted by molar-refractivity contribution is -0.402. The quantitative estimate of drug-likeness (QED) is 0.258. The summed E-state index contributed by atoms with van der Waals surface area (Å²) in [5, 5.41) is 19.9. The number of amides is 1. The SMILES string of the molecule is COCCN=c1scc(-c2ccc3c(c2)NC(=O)CO3)n1/N=C\c1ccc([N+](=O)[O-])o1. The fraction of sp³-hybridized carbons (Fsp3) is 0.211. The molecule has 0 spiro atoms. The molecule has 0 atom stereocenters. The maximum atomic E-state index is 11.7. The third-order valence-corrected chi connectivity index (χ3v) is 5.08. The van der Waals surface area contributed by atoms with Crippen LogP contribution in [0, 0.1) is 10.1 Å². The molecule has 1 N–H and O–H groups in total. The van der Waals surface area contributed by atoms with Gasteiger partial charge in [0.25, 0.3) is 5.91 Å². The molecule has 1 amide bonds. The first kappa shape index (κ1) is 20.5. The Bertz CT molecular complexity index is 1220. The Kier molecular flexibility index (Phi) is 5.91. The Labute approximate surface area is 179 Å². The van der Waals surface area contributed by atoms with E-state index in [9.17, 15) is 14.9 Å². The van der Waals surface area contributed by atoms with Crippen molar-refractivity contribution in [1.82, 2.24) is 4.68 Å². The van der Waals surface area contributed by atoms with Crippen molar-refractivity contribution >= 4 is 35.0 Å². The number of nitrogens with one attached hydrogen (secondary N) is 1. The molecule has 0 saturated heterocycles. The Morgan fingerprint density at radius 1 is 1.39 bits per heavy atom. The van der Waals surface area contributed by atoms with Crippen LogP contribution in [0.1, 0.15) is 5.76 Å². The van der Waals surface area contributed by atoms with E-state index in [-0.39, 0.29) is 24.2 Å². The number of rotatable bonds is 7. The first-order chi connectivity index (χ1) is 15.0. The summed E-state index contributed by atoms with van der Waals surface area (Å²) in [6.07, 6.45) is 1.38. The molecule has 1 aliphatic heterocycles. The van der Waals surface area contributed by atoms with Gasteiger partial charge in [0.15, 0.2) is 12.4 Å². The van der Waals surface area contributed by atoms with Crippen LogP contribution in [0.25, 0.3) is 11.3 Å². The van der Waals surface area contributed by atoms with Crippen molar-refractivity contribution in [2.24, 2.45) is 10.1 Å². The van der Waals surface area contributed by atoms with Crippen molar-refractivity contribution in [1.29, 1.82) is 0 Å². The molecule has 0 aliphatic carbocycles. The summed E-state index contributed by atoms with van der Waals surface area (Å²) < 4.78 is 17.2. The first-order valence-corrected chi connectivity index (χ1v) is 9.99. The second-order valence-corrected chi connectivity index (χ2v) is 7.15. The second-order valence-electron chi connectivity index (χ2n) is 6.32. The van der Waals surface area contributed by atoms with Crippen LogP contribution in [0.15, 0.2) is 50.2 Å². The number of ether oxygens (including phenoxy) is 2. The van der Waals surface area contributed by atoms with E-state index in [1.165, 1.54) is 29.7 Å². The molecule has 1 aromatic carbocycles. The number of nitrogens with zero attached hydrogens (tertiary/aromatic N) is 4. The predicted molar refractivity (Wildman–Crippen MR) is 113 cm³/mol. The van der Waals surface area contributed by atoms with E-state index in [1.807, 2.05) is 11.4 Å². The number of carbonyl (C=O) groups excluding carboxylic acids is 1. The molecule has 3 heterocycles. The van der Waals surface area contributed by atoms with Crippen molar-refractivity contribution < 1.29 is 23.6 Å². The van der Waals surface area contributed by atoms with Gasteiger partial charge in [-0.3, -0.25) is 19.9 Å². The lowest BCUT2D eigenvalue weighted by atomic mass is 10.1. The number of hydrogen-bond donors (Lipinski definition) is 1. The van der Waals surface area contributed by atoms with Crippen LogP contribution in [-0.4, -0.2) is 48.6 Å². The van der Waals surface area contributed by atoms with Gasteiger partial charge in [0.2, 0.25) is 4.80 Å². The minimum absolute atomic E-state index is 0.0209. The van der Waals surface area contributed by atoms with Crippen LogP contribution >= 0.6 is 11.3 Å². The van der Waals surface area contributed by atoms with Gasteiger partial charge in [0, 0.05) is 18.1 Å². The fourth-order valence-corrected chi connectivity index (χ4v) is 3.68. The Hall–Kier alpha value is -3.77. The van der Waals surface area contributed by atoms with Gasteiger partial charge in [0.1, 0.15) is 10.7 Å². The van der Waals surface area contributed by atoms with Gasteiger partial charge < -0.3 is 19.2 Å². The highest BCUT2D eigenvalue weighted by Crippen LogP contribution is 2.32. The number of carbonyl (C=O) groups is 1. The van der Waals surface area contributed by atoms with E-state index in [2.05, 4.69) is 15.4 Å². The highest BCUT2D eigenvalue weighted by Gasteiger charge is 2.18. The topological polar surface area (TPSA) is 133 Å². The monoisotopic (exact) mass is 443 g/mol. The van der Waals surface area contributed by atoms with Gasteiger partial charge in [-0.15, -0.1) is 11.3 Å². The lowest BCUT2D eigenvalue weighted by Crippen LogP contribution is -2.25. The summed E-state index contributed by atoms with van der Waals surface area (Å²) in [5.41, 5.74) is 2.05. The zero-order valence-corrected chi connectivity index (χ0v) is 17.1. The van der Waals surface area contributed by atoms with Gasteiger partial charge in [-0.1, -0.05) is 0 Å². The third kappa shape index (κ3) is 4.54. The first-order valence-electron chi connectivity index (χ1n) is 9.11. The largest absolute Gasteiger partial charge is 0.482 e. The maximum Gasteiger partial charge on any atom is 0.433 e. The molecule has 0 saturated carbocycles. The summed E-state index contributed by atoms with van der Waals surface area (Å²) in [7, 11) is 1.59. The maximum absolute atomic E-state index is 11.7. The molecular weight excluding hydrogens is 426 g/mol. The van der Waals surface area contributed by atoms with Crippen LogP contribution in [0.4, 0.5) is 11.6 Å².